The molecular weight excluding hydrogens is 672 g/mol. The fourth-order valence-corrected chi connectivity index (χ4v) is 6.28. The molecule has 0 spiro atoms. The van der Waals surface area contributed by atoms with Crippen molar-refractivity contribution in [3.8, 4) is 22.3 Å². The van der Waals surface area contributed by atoms with E-state index in [1.807, 2.05) is 55.5 Å². The Kier molecular flexibility index (Phi) is 10.2. The summed E-state index contributed by atoms with van der Waals surface area (Å²) in [5.41, 5.74) is 4.65. The molecule has 1 saturated heterocycles. The number of amides is 1. The van der Waals surface area contributed by atoms with Gasteiger partial charge in [0.1, 0.15) is 23.1 Å². The van der Waals surface area contributed by atoms with Crippen LogP contribution in [-0.4, -0.2) is 43.6 Å². The summed E-state index contributed by atoms with van der Waals surface area (Å²) in [6.07, 6.45) is 5.19. The summed E-state index contributed by atoms with van der Waals surface area (Å²) in [5.74, 6) is 1.36. The highest BCUT2D eigenvalue weighted by Crippen LogP contribution is 2.40. The van der Waals surface area contributed by atoms with Gasteiger partial charge in [-0.15, -0.1) is 0 Å². The summed E-state index contributed by atoms with van der Waals surface area (Å²) in [4.78, 5) is 27.3. The highest BCUT2D eigenvalue weighted by molar-refractivity contribution is 6.34. The predicted octanol–water partition coefficient (Wildman–Crippen LogP) is 9.44. The van der Waals surface area contributed by atoms with Gasteiger partial charge in [-0.1, -0.05) is 78.1 Å². The molecule has 244 valence electrons. The minimum absolute atomic E-state index is 0.175. The number of aromatic nitrogens is 5. The van der Waals surface area contributed by atoms with Gasteiger partial charge in [0.25, 0.3) is 11.7 Å². The lowest BCUT2D eigenvalue weighted by Gasteiger charge is -2.33. The van der Waals surface area contributed by atoms with Crippen molar-refractivity contribution < 1.29 is 9.18 Å². The summed E-state index contributed by atoms with van der Waals surface area (Å²) in [6, 6.07) is 23.0. The second-order valence-electron chi connectivity index (χ2n) is 11.5. The zero-order valence-electron chi connectivity index (χ0n) is 26.2. The van der Waals surface area contributed by atoms with Crippen LogP contribution in [0.25, 0.3) is 28.0 Å². The standard InChI is InChI=1S/C18H12Cl2N2O.C18H19ClFN5/c19-13-9-7-12(8-10-13)14-4-1-2-6-16(14)22-18(23)15-5-3-11-21-17(15)20;1-11-6-8-24(9-7-11)17-15(16-13(19)4-3-5-14(16)20)12(2)23-18-21-10-22-25(17)18/h1-11H,(H,22,23);3-5,10-11H,6-9H2,1-2H3. The van der Waals surface area contributed by atoms with Crippen molar-refractivity contribution in [3.63, 3.8) is 0 Å². The number of carbonyl (C=O) groups excluding carboxylic acids is 1. The summed E-state index contributed by atoms with van der Waals surface area (Å²) in [7, 11) is 0. The number of fused-ring (bicyclic) bond motifs is 1. The minimum Gasteiger partial charge on any atom is -0.356 e. The van der Waals surface area contributed by atoms with Gasteiger partial charge in [0.05, 0.1) is 21.8 Å². The van der Waals surface area contributed by atoms with Crippen LogP contribution in [0.15, 0.2) is 91.4 Å². The third-order valence-corrected chi connectivity index (χ3v) is 9.08. The topological polar surface area (TPSA) is 88.3 Å². The molecular formula is C36H31Cl3FN7O. The molecule has 0 aliphatic carbocycles. The lowest BCUT2D eigenvalue weighted by Crippen LogP contribution is -2.35. The quantitative estimate of drug-likeness (QED) is 0.180. The molecule has 0 bridgehead atoms. The first-order chi connectivity index (χ1) is 23.2. The van der Waals surface area contributed by atoms with E-state index in [4.69, 9.17) is 34.8 Å². The number of hydrogen-bond donors (Lipinski definition) is 1. The molecule has 3 aromatic heterocycles. The fraction of sp³-hybridized carbons (Fsp3) is 0.194. The smallest absolute Gasteiger partial charge is 0.258 e. The van der Waals surface area contributed by atoms with E-state index in [0.717, 1.165) is 42.9 Å². The van der Waals surface area contributed by atoms with Crippen molar-refractivity contribution in [2.45, 2.75) is 26.7 Å². The van der Waals surface area contributed by atoms with E-state index in [9.17, 15) is 9.18 Å². The van der Waals surface area contributed by atoms with Gasteiger partial charge in [-0.3, -0.25) is 4.79 Å². The Morgan fingerprint density at radius 3 is 2.38 bits per heavy atom. The Labute approximate surface area is 292 Å². The molecule has 48 heavy (non-hydrogen) atoms. The van der Waals surface area contributed by atoms with Crippen molar-refractivity contribution in [1.82, 2.24) is 24.6 Å². The molecule has 1 amide bonds. The third kappa shape index (κ3) is 7.13. The molecule has 0 unspecified atom stereocenters. The molecule has 0 radical (unpaired) electrons. The van der Waals surface area contributed by atoms with Crippen LogP contribution >= 0.6 is 34.8 Å². The van der Waals surface area contributed by atoms with Crippen LogP contribution in [-0.2, 0) is 0 Å². The molecule has 7 rings (SSSR count). The number of pyridine rings is 1. The largest absolute Gasteiger partial charge is 0.356 e. The van der Waals surface area contributed by atoms with Crippen LogP contribution < -0.4 is 10.2 Å². The van der Waals surface area contributed by atoms with E-state index in [1.165, 1.54) is 12.4 Å². The molecule has 4 heterocycles. The average Bonchev–Trinajstić information content (AvgIpc) is 3.54. The van der Waals surface area contributed by atoms with Crippen LogP contribution in [0.3, 0.4) is 0 Å². The number of nitrogens with zero attached hydrogens (tertiary/aromatic N) is 6. The summed E-state index contributed by atoms with van der Waals surface area (Å²) in [5, 5.41) is 8.43. The summed E-state index contributed by atoms with van der Waals surface area (Å²) >= 11 is 18.3. The van der Waals surface area contributed by atoms with Gasteiger partial charge in [0.15, 0.2) is 0 Å². The SMILES string of the molecule is Cc1nc2ncnn2c(N2CCC(C)CC2)c1-c1c(F)cccc1Cl.O=C(Nc1ccccc1-c1ccc(Cl)cc1)c1cccnc1Cl. The number of rotatable bonds is 5. The molecule has 3 aromatic carbocycles. The second-order valence-corrected chi connectivity index (χ2v) is 12.7. The molecule has 12 heteroatoms. The Morgan fingerprint density at radius 2 is 1.65 bits per heavy atom. The highest BCUT2D eigenvalue weighted by atomic mass is 35.5. The molecule has 1 fully saturated rings. The van der Waals surface area contributed by atoms with Gasteiger partial charge in [0.2, 0.25) is 0 Å². The maximum absolute atomic E-state index is 14.7. The number of halogens is 4. The number of para-hydroxylation sites is 1. The van der Waals surface area contributed by atoms with Gasteiger partial charge >= 0.3 is 0 Å². The van der Waals surface area contributed by atoms with Crippen molar-refractivity contribution in [2.24, 2.45) is 5.92 Å². The van der Waals surface area contributed by atoms with Crippen molar-refractivity contribution in [1.29, 1.82) is 0 Å². The number of anilines is 2. The van der Waals surface area contributed by atoms with Crippen molar-refractivity contribution >= 4 is 58.0 Å². The number of nitrogens with one attached hydrogen (secondary N) is 1. The Hall–Kier alpha value is -4.57. The minimum atomic E-state index is -0.358. The number of carbonyl (C=O) groups is 1. The van der Waals surface area contributed by atoms with Crippen LogP contribution in [0.2, 0.25) is 15.2 Å². The zero-order valence-corrected chi connectivity index (χ0v) is 28.4. The van der Waals surface area contributed by atoms with Crippen molar-refractivity contribution in [2.75, 3.05) is 23.3 Å². The summed E-state index contributed by atoms with van der Waals surface area (Å²) in [6.45, 7) is 5.90. The van der Waals surface area contributed by atoms with Gasteiger partial charge < -0.3 is 10.2 Å². The van der Waals surface area contributed by atoms with Gasteiger partial charge in [0, 0.05) is 41.1 Å². The van der Waals surface area contributed by atoms with E-state index >= 15 is 0 Å². The summed E-state index contributed by atoms with van der Waals surface area (Å²) < 4.78 is 16.4. The maximum atomic E-state index is 14.7. The Morgan fingerprint density at radius 1 is 0.896 bits per heavy atom. The first kappa shape index (κ1) is 33.3. The highest BCUT2D eigenvalue weighted by Gasteiger charge is 2.27. The van der Waals surface area contributed by atoms with Crippen LogP contribution in [0, 0.1) is 18.7 Å². The molecule has 1 aliphatic rings. The van der Waals surface area contributed by atoms with E-state index < -0.39 is 0 Å². The number of benzene rings is 3. The number of hydrogen-bond acceptors (Lipinski definition) is 6. The molecule has 6 aromatic rings. The third-order valence-electron chi connectivity index (χ3n) is 8.21. The molecule has 0 atom stereocenters. The van der Waals surface area contributed by atoms with Crippen LogP contribution in [0.5, 0.6) is 0 Å². The van der Waals surface area contributed by atoms with Crippen LogP contribution in [0.1, 0.15) is 35.8 Å². The lowest BCUT2D eigenvalue weighted by atomic mass is 9.97. The van der Waals surface area contributed by atoms with Crippen molar-refractivity contribution in [3.05, 3.63) is 124 Å². The van der Waals surface area contributed by atoms with Gasteiger partial charge in [-0.2, -0.15) is 14.6 Å². The monoisotopic (exact) mass is 701 g/mol. The fourth-order valence-electron chi connectivity index (χ4n) is 5.69. The van der Waals surface area contributed by atoms with E-state index in [0.29, 0.717) is 49.8 Å². The molecule has 8 nitrogen and oxygen atoms in total. The van der Waals surface area contributed by atoms with Gasteiger partial charge in [-0.25, -0.2) is 14.4 Å². The van der Waals surface area contributed by atoms with Crippen LogP contribution in [0.4, 0.5) is 15.9 Å². The zero-order chi connectivity index (χ0) is 33.8. The second kappa shape index (κ2) is 14.7. The Balaban J connectivity index is 0.000000168. The van der Waals surface area contributed by atoms with E-state index in [2.05, 4.69) is 37.2 Å². The maximum Gasteiger partial charge on any atom is 0.258 e. The van der Waals surface area contributed by atoms with E-state index in [1.54, 1.807) is 35.0 Å². The van der Waals surface area contributed by atoms with Gasteiger partial charge in [-0.05, 0) is 73.7 Å². The molecule has 0 saturated carbocycles. The predicted molar refractivity (Wildman–Crippen MR) is 191 cm³/mol. The lowest BCUT2D eigenvalue weighted by molar-refractivity contribution is 0.102. The van der Waals surface area contributed by atoms with E-state index in [-0.39, 0.29) is 16.9 Å². The molecule has 1 aliphatic heterocycles. The first-order valence-electron chi connectivity index (χ1n) is 15.4. The molecule has 1 N–H and O–H groups in total. The number of piperidine rings is 1. The number of aryl methyl sites for hydroxylation is 1. The average molecular weight is 703 g/mol. The Bertz CT molecular complexity index is 2060. The normalized spacial score (nSPS) is 13.2. The first-order valence-corrected chi connectivity index (χ1v) is 16.5.